The van der Waals surface area contributed by atoms with Crippen LogP contribution in [0.5, 0.6) is 5.75 Å². The summed E-state index contributed by atoms with van der Waals surface area (Å²) in [4.78, 5) is 1.60. The van der Waals surface area contributed by atoms with E-state index in [9.17, 15) is 0 Å². The van der Waals surface area contributed by atoms with Gasteiger partial charge < -0.3 is 4.74 Å². The van der Waals surface area contributed by atoms with Gasteiger partial charge in [-0.2, -0.15) is 4.80 Å². The van der Waals surface area contributed by atoms with E-state index < -0.39 is 0 Å². The zero-order valence-electron chi connectivity index (χ0n) is 13.6. The Morgan fingerprint density at radius 3 is 2.57 bits per heavy atom. The van der Waals surface area contributed by atoms with Gasteiger partial charge in [0.2, 0.25) is 5.82 Å². The molecule has 0 fully saturated rings. The highest BCUT2D eigenvalue weighted by Crippen LogP contribution is 2.19. The van der Waals surface area contributed by atoms with Gasteiger partial charge >= 0.3 is 0 Å². The highest BCUT2D eigenvalue weighted by molar-refractivity contribution is 5.54. The number of benzene rings is 2. The maximum Gasteiger partial charge on any atom is 0.204 e. The molecule has 0 spiro atoms. The Kier molecular flexibility index (Phi) is 4.37. The van der Waals surface area contributed by atoms with Gasteiger partial charge in [-0.1, -0.05) is 50.2 Å². The molecular weight excluding hydrogens is 288 g/mol. The summed E-state index contributed by atoms with van der Waals surface area (Å²) in [6.45, 7) is 4.92. The van der Waals surface area contributed by atoms with Crippen LogP contribution in [0.4, 0.5) is 0 Å². The lowest BCUT2D eigenvalue weighted by Crippen LogP contribution is -2.04. The molecule has 118 valence electrons. The maximum absolute atomic E-state index is 5.23. The molecule has 0 saturated heterocycles. The monoisotopic (exact) mass is 308 g/mol. The van der Waals surface area contributed by atoms with Crippen LogP contribution >= 0.6 is 0 Å². The molecule has 3 rings (SSSR count). The Hall–Kier alpha value is -2.69. The minimum absolute atomic E-state index is 0.515. The molecule has 5 nitrogen and oxygen atoms in total. The van der Waals surface area contributed by atoms with Gasteiger partial charge in [-0.25, -0.2) is 0 Å². The van der Waals surface area contributed by atoms with Crippen molar-refractivity contribution in [1.29, 1.82) is 0 Å². The van der Waals surface area contributed by atoms with Crippen LogP contribution in [-0.4, -0.2) is 27.3 Å². The van der Waals surface area contributed by atoms with E-state index in [1.807, 2.05) is 36.4 Å². The van der Waals surface area contributed by atoms with Crippen molar-refractivity contribution in [3.05, 3.63) is 59.7 Å². The zero-order valence-corrected chi connectivity index (χ0v) is 13.6. The van der Waals surface area contributed by atoms with Crippen molar-refractivity contribution >= 4 is 0 Å². The van der Waals surface area contributed by atoms with Crippen LogP contribution in [0.1, 0.15) is 30.9 Å². The van der Waals surface area contributed by atoms with Crippen molar-refractivity contribution < 1.29 is 4.74 Å². The number of hydrogen-bond acceptors (Lipinski definition) is 4. The summed E-state index contributed by atoms with van der Waals surface area (Å²) in [6, 6.07) is 16.2. The van der Waals surface area contributed by atoms with Crippen molar-refractivity contribution in [2.75, 3.05) is 7.11 Å². The molecule has 0 bridgehead atoms. The van der Waals surface area contributed by atoms with Crippen molar-refractivity contribution in [2.24, 2.45) is 0 Å². The number of aromatic nitrogens is 4. The van der Waals surface area contributed by atoms with Gasteiger partial charge in [0, 0.05) is 5.56 Å². The highest BCUT2D eigenvalue weighted by atomic mass is 16.5. The molecule has 0 amide bonds. The molecule has 3 aromatic rings. The minimum Gasteiger partial charge on any atom is -0.497 e. The Labute approximate surface area is 135 Å². The lowest BCUT2D eigenvalue weighted by Gasteiger charge is -2.04. The second-order valence-electron chi connectivity index (χ2n) is 5.77. The van der Waals surface area contributed by atoms with Crippen LogP contribution in [0.15, 0.2) is 48.5 Å². The Balaban J connectivity index is 1.77. The Morgan fingerprint density at radius 1 is 1.09 bits per heavy atom. The van der Waals surface area contributed by atoms with E-state index in [1.54, 1.807) is 11.9 Å². The number of methoxy groups -OCH3 is 1. The third kappa shape index (κ3) is 3.56. The van der Waals surface area contributed by atoms with Crippen molar-refractivity contribution in [1.82, 2.24) is 20.2 Å². The van der Waals surface area contributed by atoms with Gasteiger partial charge in [-0.15, -0.1) is 10.2 Å². The second kappa shape index (κ2) is 6.60. The fraction of sp³-hybridized carbons (Fsp3) is 0.278. The first kappa shape index (κ1) is 15.2. The molecule has 1 heterocycles. The van der Waals surface area contributed by atoms with Gasteiger partial charge in [0.1, 0.15) is 5.75 Å². The maximum atomic E-state index is 5.23. The van der Waals surface area contributed by atoms with E-state index in [4.69, 9.17) is 4.74 Å². The number of hydrogen-bond donors (Lipinski definition) is 0. The van der Waals surface area contributed by atoms with E-state index in [0.29, 0.717) is 18.3 Å². The van der Waals surface area contributed by atoms with Crippen LogP contribution in [0.25, 0.3) is 11.4 Å². The Bertz CT molecular complexity index is 778. The van der Waals surface area contributed by atoms with Crippen molar-refractivity contribution in [2.45, 2.75) is 26.3 Å². The fourth-order valence-corrected chi connectivity index (χ4v) is 2.38. The molecule has 0 radical (unpaired) electrons. The molecule has 23 heavy (non-hydrogen) atoms. The molecule has 0 aliphatic heterocycles. The molecule has 2 aromatic carbocycles. The lowest BCUT2D eigenvalue weighted by molar-refractivity contribution is 0.413. The third-order valence-corrected chi connectivity index (χ3v) is 3.75. The van der Waals surface area contributed by atoms with Crippen molar-refractivity contribution in [3.63, 3.8) is 0 Å². The SMILES string of the molecule is COc1cccc(Cn2nnc(-c3ccc(C(C)C)cc3)n2)c1. The molecule has 0 saturated carbocycles. The van der Waals surface area contributed by atoms with Crippen LogP contribution in [0.3, 0.4) is 0 Å². The first-order valence-corrected chi connectivity index (χ1v) is 7.67. The van der Waals surface area contributed by atoms with Crippen molar-refractivity contribution in [3.8, 4) is 17.1 Å². The predicted octanol–water partition coefficient (Wildman–Crippen LogP) is 3.52. The molecule has 5 heteroatoms. The predicted molar refractivity (Wildman–Crippen MR) is 89.4 cm³/mol. The smallest absolute Gasteiger partial charge is 0.204 e. The summed E-state index contributed by atoms with van der Waals surface area (Å²) < 4.78 is 5.23. The molecule has 0 N–H and O–H groups in total. The first-order chi connectivity index (χ1) is 11.2. The normalized spacial score (nSPS) is 11.0. The quantitative estimate of drug-likeness (QED) is 0.723. The van der Waals surface area contributed by atoms with Crippen LogP contribution in [-0.2, 0) is 6.54 Å². The summed E-state index contributed by atoms with van der Waals surface area (Å²) in [5.74, 6) is 1.98. The van der Waals surface area contributed by atoms with Gasteiger partial charge in [-0.05, 0) is 34.4 Å². The van der Waals surface area contributed by atoms with Crippen LogP contribution < -0.4 is 4.74 Å². The number of ether oxygens (including phenoxy) is 1. The minimum atomic E-state index is 0.515. The van der Waals surface area contributed by atoms with Crippen LogP contribution in [0.2, 0.25) is 0 Å². The number of nitrogens with zero attached hydrogens (tertiary/aromatic N) is 4. The van der Waals surface area contributed by atoms with Gasteiger partial charge in [-0.3, -0.25) is 0 Å². The molecule has 0 atom stereocenters. The summed E-state index contributed by atoms with van der Waals surface area (Å²) in [5, 5.41) is 12.7. The number of tetrazole rings is 1. The van der Waals surface area contributed by atoms with Gasteiger partial charge in [0.05, 0.1) is 13.7 Å². The summed E-state index contributed by atoms with van der Waals surface area (Å²) in [6.07, 6.45) is 0. The average molecular weight is 308 g/mol. The molecule has 0 unspecified atom stereocenters. The van der Waals surface area contributed by atoms with E-state index in [0.717, 1.165) is 16.9 Å². The Morgan fingerprint density at radius 2 is 1.87 bits per heavy atom. The largest absolute Gasteiger partial charge is 0.497 e. The summed E-state index contributed by atoms with van der Waals surface area (Å²) >= 11 is 0. The summed E-state index contributed by atoms with van der Waals surface area (Å²) in [5.41, 5.74) is 3.35. The topological polar surface area (TPSA) is 52.8 Å². The molecular formula is C18H20N4O. The van der Waals surface area contributed by atoms with E-state index >= 15 is 0 Å². The van der Waals surface area contributed by atoms with E-state index in [2.05, 4.69) is 41.4 Å². The van der Waals surface area contributed by atoms with Crippen LogP contribution in [0, 0.1) is 0 Å². The third-order valence-electron chi connectivity index (χ3n) is 3.75. The van der Waals surface area contributed by atoms with Gasteiger partial charge in [0.25, 0.3) is 0 Å². The first-order valence-electron chi connectivity index (χ1n) is 7.67. The molecule has 0 aliphatic carbocycles. The van der Waals surface area contributed by atoms with E-state index in [-0.39, 0.29) is 0 Å². The second-order valence-corrected chi connectivity index (χ2v) is 5.77. The van der Waals surface area contributed by atoms with Gasteiger partial charge in [0.15, 0.2) is 0 Å². The fourth-order valence-electron chi connectivity index (χ4n) is 2.38. The summed E-state index contributed by atoms with van der Waals surface area (Å²) in [7, 11) is 1.66. The zero-order chi connectivity index (χ0) is 16.2. The average Bonchev–Trinajstić information content (AvgIpc) is 3.03. The lowest BCUT2D eigenvalue weighted by atomic mass is 10.0. The molecule has 1 aromatic heterocycles. The highest BCUT2D eigenvalue weighted by Gasteiger charge is 2.07. The van der Waals surface area contributed by atoms with E-state index in [1.165, 1.54) is 5.56 Å². The number of rotatable bonds is 5. The molecule has 0 aliphatic rings. The standard InChI is InChI=1S/C18H20N4O/c1-13(2)15-7-9-16(10-8-15)18-19-21-22(20-18)12-14-5-4-6-17(11-14)23-3/h4-11,13H,12H2,1-3H3.